The molecule has 2 aromatic rings. The van der Waals surface area contributed by atoms with Crippen LogP contribution in [-0.4, -0.2) is 0 Å². The molecule has 0 saturated carbocycles. The minimum absolute atomic E-state index is 0.0539. The second kappa shape index (κ2) is 6.62. The molecule has 0 aromatic heterocycles. The van der Waals surface area contributed by atoms with E-state index in [-0.39, 0.29) is 7.44 Å². The molecule has 4 rings (SSSR count). The quantitative estimate of drug-likeness (QED) is 0.562. The molecule has 0 atom stereocenters. The van der Waals surface area contributed by atoms with Gasteiger partial charge in [0.25, 0.3) is 0 Å². The van der Waals surface area contributed by atoms with Crippen molar-refractivity contribution in [2.75, 3.05) is 0 Å². The van der Waals surface area contributed by atoms with Gasteiger partial charge in [-0.2, -0.15) is 0 Å². The molecule has 27 heavy (non-hydrogen) atoms. The molecule has 0 saturated heterocycles. The summed E-state index contributed by atoms with van der Waals surface area (Å²) in [6, 6.07) is 18.8. The SMILES string of the molecule is Cc1cc[c]([Ti]([c]2ccc(C)cc2)([C]2(C)C=CC=C2)[C]2(C)C=CC=C2)cc1. The third-order valence-corrected chi connectivity index (χ3v) is 16.4. The Hall–Kier alpha value is -1.89. The molecule has 0 amide bonds. The average Bonchev–Trinajstić information content (AvgIpc) is 3.29. The summed E-state index contributed by atoms with van der Waals surface area (Å²) < 4.78 is 3.19. The molecule has 0 fully saturated rings. The van der Waals surface area contributed by atoms with Crippen LogP contribution in [0.5, 0.6) is 0 Å². The molecule has 0 radical (unpaired) electrons. The number of benzene rings is 2. The van der Waals surface area contributed by atoms with Crippen molar-refractivity contribution in [3.05, 3.63) is 108 Å². The molecule has 2 aromatic carbocycles. The van der Waals surface area contributed by atoms with E-state index in [4.69, 9.17) is 0 Å². The number of hydrogen-bond acceptors (Lipinski definition) is 0. The van der Waals surface area contributed by atoms with Crippen molar-refractivity contribution in [3.63, 3.8) is 0 Å². The summed E-state index contributed by atoms with van der Waals surface area (Å²) in [6.45, 7) is 9.27. The number of aryl methyl sites for hydroxylation is 2. The van der Waals surface area contributed by atoms with Gasteiger partial charge in [-0.05, 0) is 0 Å². The van der Waals surface area contributed by atoms with Gasteiger partial charge >= 0.3 is 168 Å². The van der Waals surface area contributed by atoms with E-state index in [1.54, 1.807) is 7.74 Å². The fraction of sp³-hybridized carbons (Fsp3) is 0.231. The van der Waals surface area contributed by atoms with Gasteiger partial charge in [0.15, 0.2) is 0 Å². The first-order chi connectivity index (χ1) is 12.9. The Morgan fingerprint density at radius 3 is 1.11 bits per heavy atom. The minimum atomic E-state index is -3.05. The van der Waals surface area contributed by atoms with Gasteiger partial charge in [0, 0.05) is 0 Å². The van der Waals surface area contributed by atoms with E-state index in [9.17, 15) is 0 Å². The average molecular weight is 388 g/mol. The summed E-state index contributed by atoms with van der Waals surface area (Å²) in [5.74, 6) is 0. The second-order valence-electron chi connectivity index (χ2n) is 8.48. The summed E-state index contributed by atoms with van der Waals surface area (Å²) in [5, 5.41) is 0. The van der Waals surface area contributed by atoms with Crippen LogP contribution in [0.2, 0.25) is 7.44 Å². The van der Waals surface area contributed by atoms with Crippen LogP contribution >= 0.6 is 0 Å². The zero-order chi connectivity index (χ0) is 19.1. The molecule has 2 aliphatic rings. The maximum atomic E-state index is 2.46. The fourth-order valence-corrected chi connectivity index (χ4v) is 15.7. The van der Waals surface area contributed by atoms with Crippen LogP contribution in [0.25, 0.3) is 0 Å². The van der Waals surface area contributed by atoms with Gasteiger partial charge in [0.1, 0.15) is 0 Å². The van der Waals surface area contributed by atoms with E-state index in [1.807, 2.05) is 0 Å². The van der Waals surface area contributed by atoms with Crippen LogP contribution in [0.3, 0.4) is 0 Å². The second-order valence-corrected chi connectivity index (χ2v) is 16.0. The van der Waals surface area contributed by atoms with Gasteiger partial charge in [-0.1, -0.05) is 0 Å². The van der Waals surface area contributed by atoms with E-state index in [2.05, 4.69) is 125 Å². The molecule has 0 spiro atoms. The molecular weight excluding hydrogens is 360 g/mol. The first-order valence-electron chi connectivity index (χ1n) is 9.80. The van der Waals surface area contributed by atoms with Crippen LogP contribution < -0.4 is 7.74 Å². The molecular formula is C26H28Ti. The summed E-state index contributed by atoms with van der Waals surface area (Å²) in [7, 11) is 0. The third-order valence-electron chi connectivity index (χ3n) is 6.58. The number of allylic oxidation sites excluding steroid dienone is 8. The number of rotatable bonds is 4. The normalized spacial score (nSPS) is 19.1. The summed E-state index contributed by atoms with van der Waals surface area (Å²) >= 11 is -3.05. The summed E-state index contributed by atoms with van der Waals surface area (Å²) in [5.41, 5.74) is 2.65. The molecule has 136 valence electrons. The van der Waals surface area contributed by atoms with Crippen molar-refractivity contribution in [1.82, 2.24) is 0 Å². The molecule has 0 nitrogen and oxygen atoms in total. The van der Waals surface area contributed by atoms with E-state index in [0.717, 1.165) is 0 Å². The molecule has 0 aliphatic heterocycles. The molecule has 2 aliphatic carbocycles. The van der Waals surface area contributed by atoms with Gasteiger partial charge in [-0.25, -0.2) is 0 Å². The van der Waals surface area contributed by atoms with Crippen molar-refractivity contribution in [2.24, 2.45) is 0 Å². The summed E-state index contributed by atoms with van der Waals surface area (Å²) in [6.07, 6.45) is 18.8. The van der Waals surface area contributed by atoms with Crippen molar-refractivity contribution in [2.45, 2.75) is 35.1 Å². The zero-order valence-electron chi connectivity index (χ0n) is 16.7. The van der Waals surface area contributed by atoms with E-state index >= 15 is 0 Å². The van der Waals surface area contributed by atoms with E-state index < -0.39 is 16.6 Å². The Morgan fingerprint density at radius 1 is 0.519 bits per heavy atom. The first-order valence-corrected chi connectivity index (χ1v) is 12.9. The van der Waals surface area contributed by atoms with Gasteiger partial charge in [0.2, 0.25) is 0 Å². The molecule has 0 unspecified atom stereocenters. The Kier molecular flexibility index (Phi) is 4.53. The Morgan fingerprint density at radius 2 is 0.815 bits per heavy atom. The Balaban J connectivity index is 2.12. The van der Waals surface area contributed by atoms with Crippen LogP contribution in [0.4, 0.5) is 0 Å². The predicted molar refractivity (Wildman–Crippen MR) is 115 cm³/mol. The standard InChI is InChI=1S/2C7H7.2C6H7.Ti/c2*1-7-5-3-2-4-6-7;2*1-6-4-2-3-5-6;/h2*3-6H,1H3;2*2-5H,1H3;. The van der Waals surface area contributed by atoms with Crippen LogP contribution in [0.1, 0.15) is 25.0 Å². The van der Waals surface area contributed by atoms with Gasteiger partial charge in [0.05, 0.1) is 0 Å². The molecule has 0 bridgehead atoms. The van der Waals surface area contributed by atoms with Crippen LogP contribution in [0, 0.1) is 13.8 Å². The third kappa shape index (κ3) is 2.70. The topological polar surface area (TPSA) is 0 Å². The fourth-order valence-electron chi connectivity index (χ4n) is 5.23. The molecule has 0 N–H and O–H groups in total. The molecule has 1 heteroatoms. The summed E-state index contributed by atoms with van der Waals surface area (Å²) in [4.78, 5) is 0. The van der Waals surface area contributed by atoms with E-state index in [1.165, 1.54) is 11.1 Å². The van der Waals surface area contributed by atoms with Crippen molar-refractivity contribution < 1.29 is 16.6 Å². The van der Waals surface area contributed by atoms with Gasteiger partial charge in [-0.15, -0.1) is 0 Å². The first kappa shape index (κ1) is 18.5. The monoisotopic (exact) mass is 388 g/mol. The van der Waals surface area contributed by atoms with Gasteiger partial charge < -0.3 is 0 Å². The zero-order valence-corrected chi connectivity index (χ0v) is 18.3. The van der Waals surface area contributed by atoms with Crippen LogP contribution in [0.15, 0.2) is 97.1 Å². The predicted octanol–water partition coefficient (Wildman–Crippen LogP) is 6.02. The Labute approximate surface area is 167 Å². The van der Waals surface area contributed by atoms with Crippen LogP contribution in [-0.2, 0) is 16.6 Å². The Bertz CT molecular complexity index is 847. The maximum absolute atomic E-state index is 3.05. The molecule has 0 heterocycles. The van der Waals surface area contributed by atoms with E-state index in [0.29, 0.717) is 0 Å². The van der Waals surface area contributed by atoms with Crippen molar-refractivity contribution >= 4 is 7.74 Å². The van der Waals surface area contributed by atoms with Crippen molar-refractivity contribution in [3.8, 4) is 0 Å². The van der Waals surface area contributed by atoms with Gasteiger partial charge in [-0.3, -0.25) is 0 Å². The van der Waals surface area contributed by atoms with Crippen molar-refractivity contribution in [1.29, 1.82) is 0 Å². The number of hydrogen-bond donors (Lipinski definition) is 0.